The van der Waals surface area contributed by atoms with Gasteiger partial charge in [0.25, 0.3) is 0 Å². The van der Waals surface area contributed by atoms with Gasteiger partial charge in [-0.05, 0) is 13.3 Å². The summed E-state index contributed by atoms with van der Waals surface area (Å²) in [6, 6.07) is 0. The van der Waals surface area contributed by atoms with E-state index in [2.05, 4.69) is 9.84 Å². The van der Waals surface area contributed by atoms with Crippen LogP contribution in [0, 0.1) is 6.92 Å². The third-order valence-electron chi connectivity index (χ3n) is 2.05. The zero-order chi connectivity index (χ0) is 10.6. The normalized spacial score (nSPS) is 10.1. The monoisotopic (exact) mass is 197 g/mol. The van der Waals surface area contributed by atoms with Crippen molar-refractivity contribution in [1.29, 1.82) is 0 Å². The predicted molar refractivity (Wildman–Crippen MR) is 52.6 cm³/mol. The van der Waals surface area contributed by atoms with Crippen molar-refractivity contribution in [2.24, 2.45) is 0 Å². The van der Waals surface area contributed by atoms with Gasteiger partial charge >= 0.3 is 5.97 Å². The molecule has 1 aromatic rings. The topological polar surface area (TPSA) is 70.1 Å². The van der Waals surface area contributed by atoms with Crippen LogP contribution in [0.2, 0.25) is 0 Å². The number of nitrogens with two attached hydrogens (primary N) is 1. The quantitative estimate of drug-likeness (QED) is 0.722. The lowest BCUT2D eigenvalue weighted by molar-refractivity contribution is -0.140. The van der Waals surface area contributed by atoms with Crippen LogP contribution in [0.1, 0.15) is 18.4 Å². The molecule has 1 heterocycles. The molecule has 0 saturated heterocycles. The van der Waals surface area contributed by atoms with Crippen LogP contribution in [0.4, 0.5) is 5.82 Å². The molecule has 78 valence electrons. The summed E-state index contributed by atoms with van der Waals surface area (Å²) in [6.45, 7) is 2.55. The molecule has 0 bridgehead atoms. The minimum Gasteiger partial charge on any atom is -0.469 e. The minimum atomic E-state index is -0.201. The highest BCUT2D eigenvalue weighted by Gasteiger charge is 2.04. The van der Waals surface area contributed by atoms with Crippen molar-refractivity contribution in [2.45, 2.75) is 26.3 Å². The Labute approximate surface area is 82.8 Å². The number of aromatic nitrogens is 2. The Morgan fingerprint density at radius 1 is 1.71 bits per heavy atom. The van der Waals surface area contributed by atoms with Gasteiger partial charge in [0.05, 0.1) is 13.3 Å². The average Bonchev–Trinajstić information content (AvgIpc) is 2.49. The summed E-state index contributed by atoms with van der Waals surface area (Å²) in [6.07, 6.45) is 2.81. The predicted octanol–water partition coefficient (Wildman–Crippen LogP) is 0.727. The Bertz CT molecular complexity index is 320. The molecule has 0 aliphatic heterocycles. The maximum atomic E-state index is 10.8. The molecular formula is C9H15N3O2. The van der Waals surface area contributed by atoms with Crippen LogP contribution in [-0.4, -0.2) is 22.9 Å². The molecule has 2 N–H and O–H groups in total. The fourth-order valence-electron chi connectivity index (χ4n) is 1.14. The molecule has 0 aliphatic carbocycles. The van der Waals surface area contributed by atoms with Crippen LogP contribution < -0.4 is 5.73 Å². The van der Waals surface area contributed by atoms with E-state index in [-0.39, 0.29) is 5.97 Å². The molecule has 1 aromatic heterocycles. The molecule has 0 atom stereocenters. The first-order valence-corrected chi connectivity index (χ1v) is 4.50. The number of methoxy groups -OCH3 is 1. The Morgan fingerprint density at radius 3 is 2.93 bits per heavy atom. The Morgan fingerprint density at radius 2 is 2.43 bits per heavy atom. The highest BCUT2D eigenvalue weighted by atomic mass is 16.5. The molecule has 0 radical (unpaired) electrons. The van der Waals surface area contributed by atoms with E-state index in [0.717, 1.165) is 5.56 Å². The second-order valence-electron chi connectivity index (χ2n) is 3.12. The Hall–Kier alpha value is -1.52. The molecule has 0 spiro atoms. The SMILES string of the molecule is COC(=O)CCCn1ncc(C)c1N. The molecule has 0 amide bonds. The number of nitrogens with zero attached hydrogens (tertiary/aromatic N) is 2. The number of ether oxygens (including phenoxy) is 1. The summed E-state index contributed by atoms with van der Waals surface area (Å²) in [7, 11) is 1.38. The lowest BCUT2D eigenvalue weighted by atomic mass is 10.3. The molecule has 5 nitrogen and oxygen atoms in total. The number of carbonyl (C=O) groups excluding carboxylic acids is 1. The van der Waals surface area contributed by atoms with Gasteiger partial charge in [-0.3, -0.25) is 4.79 Å². The fourth-order valence-corrected chi connectivity index (χ4v) is 1.14. The summed E-state index contributed by atoms with van der Waals surface area (Å²) in [4.78, 5) is 10.8. The third kappa shape index (κ3) is 2.48. The van der Waals surface area contributed by atoms with Crippen LogP contribution in [0.5, 0.6) is 0 Å². The van der Waals surface area contributed by atoms with Crippen molar-refractivity contribution in [3.63, 3.8) is 0 Å². The highest BCUT2D eigenvalue weighted by molar-refractivity contribution is 5.68. The van der Waals surface area contributed by atoms with Gasteiger partial charge in [0.1, 0.15) is 5.82 Å². The van der Waals surface area contributed by atoms with E-state index in [0.29, 0.717) is 25.2 Å². The van der Waals surface area contributed by atoms with Crippen molar-refractivity contribution in [2.75, 3.05) is 12.8 Å². The van der Waals surface area contributed by atoms with E-state index in [1.54, 1.807) is 10.9 Å². The van der Waals surface area contributed by atoms with Gasteiger partial charge in [0, 0.05) is 18.5 Å². The Balaban J connectivity index is 2.39. The summed E-state index contributed by atoms with van der Waals surface area (Å²) < 4.78 is 6.22. The lowest BCUT2D eigenvalue weighted by Crippen LogP contribution is -2.08. The summed E-state index contributed by atoms with van der Waals surface area (Å²) >= 11 is 0. The van der Waals surface area contributed by atoms with Crippen LogP contribution >= 0.6 is 0 Å². The number of carbonyl (C=O) groups is 1. The van der Waals surface area contributed by atoms with E-state index in [1.165, 1.54) is 7.11 Å². The molecule has 14 heavy (non-hydrogen) atoms. The van der Waals surface area contributed by atoms with E-state index >= 15 is 0 Å². The maximum absolute atomic E-state index is 10.8. The third-order valence-corrected chi connectivity index (χ3v) is 2.05. The van der Waals surface area contributed by atoms with Crippen LogP contribution in [0.15, 0.2) is 6.20 Å². The first-order valence-electron chi connectivity index (χ1n) is 4.50. The summed E-state index contributed by atoms with van der Waals surface area (Å²) in [5.74, 6) is 0.460. The van der Waals surface area contributed by atoms with Crippen molar-refractivity contribution in [1.82, 2.24) is 9.78 Å². The minimum absolute atomic E-state index is 0.201. The number of esters is 1. The first-order chi connectivity index (χ1) is 6.65. The molecule has 0 aromatic carbocycles. The zero-order valence-electron chi connectivity index (χ0n) is 8.49. The van der Waals surface area contributed by atoms with Crippen molar-refractivity contribution in [3.8, 4) is 0 Å². The molecule has 0 fully saturated rings. The van der Waals surface area contributed by atoms with Gasteiger partial charge in [-0.2, -0.15) is 5.10 Å². The van der Waals surface area contributed by atoms with Crippen LogP contribution in [0.25, 0.3) is 0 Å². The van der Waals surface area contributed by atoms with E-state index in [4.69, 9.17) is 5.73 Å². The lowest BCUT2D eigenvalue weighted by Gasteiger charge is -2.03. The van der Waals surface area contributed by atoms with Gasteiger partial charge in [-0.1, -0.05) is 0 Å². The van der Waals surface area contributed by atoms with E-state index in [9.17, 15) is 4.79 Å². The molecule has 5 heteroatoms. The fraction of sp³-hybridized carbons (Fsp3) is 0.556. The number of anilines is 1. The number of hydrogen-bond donors (Lipinski definition) is 1. The van der Waals surface area contributed by atoms with Gasteiger partial charge < -0.3 is 10.5 Å². The number of nitrogen functional groups attached to an aromatic ring is 1. The largest absolute Gasteiger partial charge is 0.469 e. The standard InChI is InChI=1S/C9H15N3O2/c1-7-6-11-12(9(7)10)5-3-4-8(13)14-2/h6H,3-5,10H2,1-2H3. The molecule has 0 saturated carbocycles. The second kappa shape index (κ2) is 4.64. The van der Waals surface area contributed by atoms with Crippen molar-refractivity contribution >= 4 is 11.8 Å². The summed E-state index contributed by atoms with van der Waals surface area (Å²) in [5, 5.41) is 4.08. The van der Waals surface area contributed by atoms with Crippen molar-refractivity contribution in [3.05, 3.63) is 11.8 Å². The molecular weight excluding hydrogens is 182 g/mol. The van der Waals surface area contributed by atoms with E-state index in [1.807, 2.05) is 6.92 Å². The van der Waals surface area contributed by atoms with Crippen LogP contribution in [0.3, 0.4) is 0 Å². The van der Waals surface area contributed by atoms with Crippen molar-refractivity contribution < 1.29 is 9.53 Å². The zero-order valence-corrected chi connectivity index (χ0v) is 8.49. The van der Waals surface area contributed by atoms with Gasteiger partial charge in [-0.25, -0.2) is 4.68 Å². The second-order valence-corrected chi connectivity index (χ2v) is 3.12. The average molecular weight is 197 g/mol. The number of aryl methyl sites for hydroxylation is 2. The Kier molecular flexibility index (Phi) is 3.50. The van der Waals surface area contributed by atoms with Gasteiger partial charge in [0.15, 0.2) is 0 Å². The van der Waals surface area contributed by atoms with Gasteiger partial charge in [-0.15, -0.1) is 0 Å². The smallest absolute Gasteiger partial charge is 0.305 e. The van der Waals surface area contributed by atoms with Crippen LogP contribution in [-0.2, 0) is 16.1 Å². The number of rotatable bonds is 4. The maximum Gasteiger partial charge on any atom is 0.305 e. The molecule has 0 unspecified atom stereocenters. The van der Waals surface area contributed by atoms with Gasteiger partial charge in [0.2, 0.25) is 0 Å². The molecule has 1 rings (SSSR count). The molecule has 0 aliphatic rings. The van der Waals surface area contributed by atoms with E-state index < -0.39 is 0 Å². The summed E-state index contributed by atoms with van der Waals surface area (Å²) in [5.41, 5.74) is 6.70. The number of hydrogen-bond acceptors (Lipinski definition) is 4. The first kappa shape index (κ1) is 10.6. The highest BCUT2D eigenvalue weighted by Crippen LogP contribution is 2.09.